The van der Waals surface area contributed by atoms with Crippen molar-refractivity contribution in [3.05, 3.63) is 209 Å². The second-order valence-electron chi connectivity index (χ2n) is 21.6. The molecule has 1 spiro atoms. The first-order chi connectivity index (χ1) is 32.0. The Morgan fingerprint density at radius 1 is 0.439 bits per heavy atom. The molecule has 11 aromatic rings. The van der Waals surface area contributed by atoms with E-state index < -0.39 is 5.41 Å². The molecule has 9 aromatic carbocycles. The molecule has 3 aliphatic heterocycles. The van der Waals surface area contributed by atoms with Gasteiger partial charge in [-0.05, 0) is 112 Å². The van der Waals surface area contributed by atoms with E-state index in [9.17, 15) is 0 Å². The van der Waals surface area contributed by atoms with Gasteiger partial charge in [-0.15, -0.1) is 0 Å². The molecule has 4 aliphatic rings. The lowest BCUT2D eigenvalue weighted by Crippen LogP contribution is -2.60. The molecule has 0 saturated heterocycles. The molecule has 5 heterocycles. The highest BCUT2D eigenvalue weighted by Crippen LogP contribution is 2.62. The Kier molecular flexibility index (Phi) is 6.77. The molecule has 312 valence electrons. The smallest absolute Gasteiger partial charge is 0.252 e. The molecule has 0 unspecified atom stereocenters. The molecule has 0 atom stereocenters. The third kappa shape index (κ3) is 4.27. The average Bonchev–Trinajstić information content (AvgIpc) is 3.97. The van der Waals surface area contributed by atoms with Crippen molar-refractivity contribution < 1.29 is 0 Å². The molecular weight excluding hydrogens is 796 g/mol. The van der Waals surface area contributed by atoms with Crippen LogP contribution in [0.3, 0.4) is 0 Å². The van der Waals surface area contributed by atoms with Crippen molar-refractivity contribution in [1.82, 2.24) is 9.13 Å². The second-order valence-corrected chi connectivity index (χ2v) is 21.6. The van der Waals surface area contributed by atoms with Crippen molar-refractivity contribution in [2.24, 2.45) is 0 Å². The zero-order valence-corrected chi connectivity index (χ0v) is 38.2. The number of rotatable bonds is 2. The molecule has 0 fully saturated rings. The molecule has 3 heteroatoms. The van der Waals surface area contributed by atoms with Crippen LogP contribution in [0.25, 0.3) is 88.4 Å². The lowest BCUT2D eigenvalue weighted by molar-refractivity contribution is 0.588. The van der Waals surface area contributed by atoms with Gasteiger partial charge in [0.05, 0.1) is 22.1 Å². The van der Waals surface area contributed by atoms with Crippen LogP contribution in [0.5, 0.6) is 0 Å². The van der Waals surface area contributed by atoms with Gasteiger partial charge in [0.25, 0.3) is 6.71 Å². The average molecular weight is 843 g/mol. The monoisotopic (exact) mass is 842 g/mol. The highest BCUT2D eigenvalue weighted by molar-refractivity contribution is 7.00. The van der Waals surface area contributed by atoms with Crippen LogP contribution in [-0.2, 0) is 16.2 Å². The van der Waals surface area contributed by atoms with Crippen molar-refractivity contribution in [2.45, 2.75) is 57.8 Å². The van der Waals surface area contributed by atoms with Crippen LogP contribution in [0.2, 0.25) is 0 Å². The second kappa shape index (κ2) is 12.1. The first-order valence-electron chi connectivity index (χ1n) is 23.8. The first-order valence-corrected chi connectivity index (χ1v) is 23.8. The maximum atomic E-state index is 2.76. The topological polar surface area (TPSA) is 9.86 Å². The van der Waals surface area contributed by atoms with Gasteiger partial charge in [-0.3, -0.25) is 0 Å². The Labute approximate surface area is 385 Å². The molecule has 0 saturated carbocycles. The van der Waals surface area contributed by atoms with E-state index in [1.807, 2.05) is 0 Å². The predicted octanol–water partition coefficient (Wildman–Crippen LogP) is 13.6. The summed E-state index contributed by atoms with van der Waals surface area (Å²) in [7, 11) is 0. The van der Waals surface area contributed by atoms with Gasteiger partial charge >= 0.3 is 0 Å². The molecular formula is C63H47BN2. The van der Waals surface area contributed by atoms with Crippen molar-refractivity contribution in [3.8, 4) is 44.9 Å². The molecule has 0 radical (unpaired) electrons. The molecule has 2 nitrogen and oxygen atoms in total. The summed E-state index contributed by atoms with van der Waals surface area (Å²) >= 11 is 0. The standard InChI is InChI=1S/C63H47BN2/c1-61(2,3)39-32-44-45-33-40(62(4,5)6)35-51-58(45)66-57(44)49(34-39)63(46-27-17-15-25-42(46)43-26-16-18-28-47(43)63)48-29-30-52-55(59(48)66)64(51)50-31-38-23-13-14-24-41(38)54-53(36-19-9-7-10-20-36)56(65(52)60(50)54)37-21-11-8-12-22-37/h7-35H,1-6H3. The van der Waals surface area contributed by atoms with E-state index in [4.69, 9.17) is 0 Å². The number of benzene rings is 9. The van der Waals surface area contributed by atoms with Crippen molar-refractivity contribution in [3.63, 3.8) is 0 Å². The molecule has 0 bridgehead atoms. The summed E-state index contributed by atoms with van der Waals surface area (Å²) in [5.41, 5.74) is 26.2. The van der Waals surface area contributed by atoms with Crippen molar-refractivity contribution >= 4 is 66.6 Å². The lowest BCUT2D eigenvalue weighted by atomic mass is 9.33. The quantitative estimate of drug-likeness (QED) is 0.153. The van der Waals surface area contributed by atoms with E-state index in [0.717, 1.165) is 0 Å². The van der Waals surface area contributed by atoms with Crippen LogP contribution in [0.1, 0.15) is 74.9 Å². The Bertz CT molecular complexity index is 3950. The van der Waals surface area contributed by atoms with Gasteiger partial charge in [0.1, 0.15) is 0 Å². The molecule has 0 N–H and O–H groups in total. The third-order valence-electron chi connectivity index (χ3n) is 16.1. The number of fused-ring (bicyclic) bond motifs is 13. The minimum atomic E-state index is -0.538. The van der Waals surface area contributed by atoms with Gasteiger partial charge in [-0.1, -0.05) is 199 Å². The highest BCUT2D eigenvalue weighted by Gasteiger charge is 2.55. The van der Waals surface area contributed by atoms with Crippen LogP contribution >= 0.6 is 0 Å². The van der Waals surface area contributed by atoms with E-state index in [2.05, 4.69) is 227 Å². The molecule has 1 aliphatic carbocycles. The number of hydrogen-bond acceptors (Lipinski definition) is 0. The molecule has 15 rings (SSSR count). The Morgan fingerprint density at radius 3 is 1.70 bits per heavy atom. The predicted molar refractivity (Wildman–Crippen MR) is 279 cm³/mol. The first kappa shape index (κ1) is 36.9. The van der Waals surface area contributed by atoms with Gasteiger partial charge in [0.2, 0.25) is 0 Å². The van der Waals surface area contributed by atoms with Crippen LogP contribution in [0.15, 0.2) is 176 Å². The summed E-state index contributed by atoms with van der Waals surface area (Å²) in [6, 6.07) is 68.2. The highest BCUT2D eigenvalue weighted by atomic mass is 15.1. The number of nitrogens with zero attached hydrogens (tertiary/aromatic N) is 2. The van der Waals surface area contributed by atoms with Gasteiger partial charge in [-0.25, -0.2) is 0 Å². The molecule has 0 amide bonds. The normalized spacial score (nSPS) is 14.6. The molecule has 66 heavy (non-hydrogen) atoms. The van der Waals surface area contributed by atoms with Gasteiger partial charge in [-0.2, -0.15) is 0 Å². The Balaban J connectivity index is 1.23. The summed E-state index contributed by atoms with van der Waals surface area (Å²) < 4.78 is 5.46. The maximum absolute atomic E-state index is 2.76. The largest absolute Gasteiger partial charge is 0.310 e. The fourth-order valence-electron chi connectivity index (χ4n) is 13.4. The van der Waals surface area contributed by atoms with E-state index >= 15 is 0 Å². The van der Waals surface area contributed by atoms with Crippen LogP contribution < -0.4 is 16.4 Å². The van der Waals surface area contributed by atoms with E-state index in [0.29, 0.717) is 0 Å². The number of hydrogen-bond donors (Lipinski definition) is 0. The van der Waals surface area contributed by atoms with Crippen molar-refractivity contribution in [2.75, 3.05) is 0 Å². The zero-order valence-electron chi connectivity index (χ0n) is 38.2. The summed E-state index contributed by atoms with van der Waals surface area (Å²) in [5, 5.41) is 6.64. The van der Waals surface area contributed by atoms with Crippen LogP contribution in [0, 0.1) is 0 Å². The number of aromatic nitrogens is 2. The summed E-state index contributed by atoms with van der Waals surface area (Å²) in [6.45, 7) is 14.3. The van der Waals surface area contributed by atoms with Gasteiger partial charge in [0, 0.05) is 38.6 Å². The van der Waals surface area contributed by atoms with Crippen LogP contribution in [0.4, 0.5) is 0 Å². The van der Waals surface area contributed by atoms with Gasteiger partial charge < -0.3 is 9.13 Å². The van der Waals surface area contributed by atoms with E-state index in [-0.39, 0.29) is 17.5 Å². The summed E-state index contributed by atoms with van der Waals surface area (Å²) in [4.78, 5) is 0. The van der Waals surface area contributed by atoms with Crippen molar-refractivity contribution in [1.29, 1.82) is 0 Å². The Hall–Kier alpha value is -7.36. The van der Waals surface area contributed by atoms with Crippen LogP contribution in [-0.4, -0.2) is 15.8 Å². The lowest BCUT2D eigenvalue weighted by Gasteiger charge is -2.44. The zero-order chi connectivity index (χ0) is 44.2. The summed E-state index contributed by atoms with van der Waals surface area (Å²) in [5.74, 6) is 0. The third-order valence-corrected chi connectivity index (χ3v) is 16.1. The molecule has 2 aromatic heterocycles. The fraction of sp³-hybridized carbons (Fsp3) is 0.143. The van der Waals surface area contributed by atoms with Gasteiger partial charge in [0.15, 0.2) is 0 Å². The maximum Gasteiger partial charge on any atom is 0.252 e. The summed E-state index contributed by atoms with van der Waals surface area (Å²) in [6.07, 6.45) is 0. The minimum Gasteiger partial charge on any atom is -0.310 e. The fourth-order valence-corrected chi connectivity index (χ4v) is 13.4. The van der Waals surface area contributed by atoms with E-state index in [1.54, 1.807) is 0 Å². The SMILES string of the molecule is CC(C)(C)c1cc2c3c(c1)c1cc(C(C)(C)C)cc4c1n3-c1c(ccc3c1B2c1cc2ccccc2c2c(-c5ccccc5)c(-c5ccccc5)n-3c12)C41c2ccccc2-c2ccccc21. The minimum absolute atomic E-state index is 0.00843. The van der Waals surface area contributed by atoms with E-state index in [1.165, 1.54) is 138 Å². The Morgan fingerprint density at radius 2 is 1.02 bits per heavy atom.